The Morgan fingerprint density at radius 2 is 1.50 bits per heavy atom. The summed E-state index contributed by atoms with van der Waals surface area (Å²) in [4.78, 5) is 0.607. The molecule has 2 aromatic rings. The minimum Gasteiger partial charge on any atom is -0.398 e. The Balaban J connectivity index is 2.71. The average Bonchev–Trinajstić information content (AvgIpc) is 2.32. The first kappa shape index (κ1) is 12.6. The van der Waals surface area contributed by atoms with E-state index in [2.05, 4.69) is 0 Å². The van der Waals surface area contributed by atoms with Crippen LogP contribution in [0.2, 0.25) is 0 Å². The molecule has 0 aliphatic rings. The Bertz CT molecular complexity index is 691. The van der Waals surface area contributed by atoms with Crippen molar-refractivity contribution in [3.63, 3.8) is 0 Å². The van der Waals surface area contributed by atoms with Crippen molar-refractivity contribution in [2.45, 2.75) is 23.6 Å². The maximum atomic E-state index is 12.6. The lowest BCUT2D eigenvalue weighted by Gasteiger charge is -2.11. The van der Waals surface area contributed by atoms with Crippen molar-refractivity contribution in [3.8, 4) is 0 Å². The lowest BCUT2D eigenvalue weighted by molar-refractivity contribution is 0.595. The Kier molecular flexibility index (Phi) is 3.13. The smallest absolute Gasteiger partial charge is 0.207 e. The summed E-state index contributed by atoms with van der Waals surface area (Å²) in [7, 11) is -3.50. The van der Waals surface area contributed by atoms with Crippen LogP contribution in [0.15, 0.2) is 52.3 Å². The predicted molar refractivity (Wildman–Crippen MR) is 72.2 cm³/mol. The molecule has 2 aromatic carbocycles. The molecule has 4 heteroatoms. The quantitative estimate of drug-likeness (QED) is 0.845. The van der Waals surface area contributed by atoms with Crippen molar-refractivity contribution in [1.29, 1.82) is 0 Å². The fourth-order valence-corrected chi connectivity index (χ4v) is 3.66. The van der Waals surface area contributed by atoms with Crippen molar-refractivity contribution in [2.24, 2.45) is 0 Å². The molecule has 2 rings (SSSR count). The van der Waals surface area contributed by atoms with Gasteiger partial charge in [0.05, 0.1) is 9.79 Å². The van der Waals surface area contributed by atoms with Crippen LogP contribution >= 0.6 is 0 Å². The summed E-state index contributed by atoms with van der Waals surface area (Å²) in [6, 6.07) is 11.9. The Hall–Kier alpha value is -1.81. The van der Waals surface area contributed by atoms with Crippen molar-refractivity contribution < 1.29 is 8.42 Å². The summed E-state index contributed by atoms with van der Waals surface area (Å²) < 4.78 is 25.1. The van der Waals surface area contributed by atoms with Gasteiger partial charge in [0.2, 0.25) is 9.84 Å². The van der Waals surface area contributed by atoms with Crippen molar-refractivity contribution in [2.75, 3.05) is 5.73 Å². The second kappa shape index (κ2) is 4.46. The van der Waals surface area contributed by atoms with Crippen LogP contribution in [0.5, 0.6) is 0 Å². The summed E-state index contributed by atoms with van der Waals surface area (Å²) in [5.41, 5.74) is 7.59. The highest BCUT2D eigenvalue weighted by atomic mass is 32.2. The number of nitrogens with two attached hydrogens (primary N) is 1. The molecule has 0 aliphatic carbocycles. The highest BCUT2D eigenvalue weighted by Crippen LogP contribution is 2.28. The molecule has 0 spiro atoms. The van der Waals surface area contributed by atoms with E-state index in [-0.39, 0.29) is 4.90 Å². The molecule has 0 heterocycles. The molecular formula is C14H15NO2S. The second-order valence-corrected chi connectivity index (χ2v) is 6.13. The molecule has 18 heavy (non-hydrogen) atoms. The molecule has 0 radical (unpaired) electrons. The van der Waals surface area contributed by atoms with Crippen LogP contribution < -0.4 is 5.73 Å². The zero-order valence-corrected chi connectivity index (χ0v) is 11.2. The second-order valence-electron chi connectivity index (χ2n) is 4.24. The normalized spacial score (nSPS) is 11.4. The van der Waals surface area contributed by atoms with Gasteiger partial charge in [-0.15, -0.1) is 0 Å². The first-order valence-electron chi connectivity index (χ1n) is 5.60. The summed E-state index contributed by atoms with van der Waals surface area (Å²) in [6.07, 6.45) is 0. The minimum atomic E-state index is -3.50. The molecule has 2 N–H and O–H groups in total. The number of nitrogen functional groups attached to an aromatic ring is 1. The SMILES string of the molecule is Cc1ccccc1S(=O)(=O)c1cccc(N)c1C. The minimum absolute atomic E-state index is 0.275. The van der Waals surface area contributed by atoms with Crippen LogP contribution in [0, 0.1) is 13.8 Å². The first-order chi connectivity index (χ1) is 8.44. The zero-order valence-electron chi connectivity index (χ0n) is 10.3. The van der Waals surface area contributed by atoms with Crippen LogP contribution in [-0.2, 0) is 9.84 Å². The molecule has 0 saturated carbocycles. The number of sulfone groups is 1. The van der Waals surface area contributed by atoms with E-state index in [9.17, 15) is 8.42 Å². The Morgan fingerprint density at radius 3 is 2.17 bits per heavy atom. The molecular weight excluding hydrogens is 246 g/mol. The van der Waals surface area contributed by atoms with Crippen molar-refractivity contribution in [1.82, 2.24) is 0 Å². The third-order valence-corrected chi connectivity index (χ3v) is 5.06. The number of rotatable bonds is 2. The largest absolute Gasteiger partial charge is 0.398 e. The first-order valence-corrected chi connectivity index (χ1v) is 7.08. The summed E-state index contributed by atoms with van der Waals surface area (Å²) in [5.74, 6) is 0. The number of hydrogen-bond donors (Lipinski definition) is 1. The monoisotopic (exact) mass is 261 g/mol. The molecule has 0 aromatic heterocycles. The number of benzene rings is 2. The van der Waals surface area contributed by atoms with Crippen LogP contribution in [0.1, 0.15) is 11.1 Å². The standard InChI is InChI=1S/C14H15NO2S/c1-10-6-3-4-8-13(10)18(16,17)14-9-5-7-12(15)11(14)2/h3-9H,15H2,1-2H3. The number of aryl methyl sites for hydroxylation is 1. The third-order valence-electron chi connectivity index (χ3n) is 3.00. The number of anilines is 1. The average molecular weight is 261 g/mol. The molecule has 0 atom stereocenters. The van der Waals surface area contributed by atoms with Gasteiger partial charge in [-0.1, -0.05) is 24.3 Å². The van der Waals surface area contributed by atoms with E-state index < -0.39 is 9.84 Å². The van der Waals surface area contributed by atoms with E-state index in [1.165, 1.54) is 0 Å². The van der Waals surface area contributed by atoms with E-state index >= 15 is 0 Å². The van der Waals surface area contributed by atoms with Crippen LogP contribution in [-0.4, -0.2) is 8.42 Å². The fourth-order valence-electron chi connectivity index (χ4n) is 1.90. The topological polar surface area (TPSA) is 60.2 Å². The molecule has 0 amide bonds. The van der Waals surface area contributed by atoms with Gasteiger partial charge >= 0.3 is 0 Å². The van der Waals surface area contributed by atoms with Gasteiger partial charge in [0, 0.05) is 5.69 Å². The van der Waals surface area contributed by atoms with Gasteiger partial charge in [-0.25, -0.2) is 8.42 Å². The highest BCUT2D eigenvalue weighted by molar-refractivity contribution is 7.91. The van der Waals surface area contributed by atoms with Crippen LogP contribution in [0.25, 0.3) is 0 Å². The molecule has 0 bridgehead atoms. The van der Waals surface area contributed by atoms with E-state index in [1.54, 1.807) is 50.2 Å². The van der Waals surface area contributed by atoms with Gasteiger partial charge in [-0.3, -0.25) is 0 Å². The Morgan fingerprint density at radius 1 is 0.889 bits per heavy atom. The van der Waals surface area contributed by atoms with Crippen molar-refractivity contribution >= 4 is 15.5 Å². The van der Waals surface area contributed by atoms with E-state index in [0.29, 0.717) is 16.1 Å². The highest BCUT2D eigenvalue weighted by Gasteiger charge is 2.21. The zero-order chi connectivity index (χ0) is 13.3. The van der Waals surface area contributed by atoms with Gasteiger partial charge in [-0.05, 0) is 43.2 Å². The van der Waals surface area contributed by atoms with Crippen LogP contribution in [0.3, 0.4) is 0 Å². The molecule has 0 aliphatic heterocycles. The summed E-state index contributed by atoms with van der Waals surface area (Å²) in [6.45, 7) is 3.51. The van der Waals surface area contributed by atoms with Crippen molar-refractivity contribution in [3.05, 3.63) is 53.6 Å². The maximum absolute atomic E-state index is 12.6. The third kappa shape index (κ3) is 1.99. The van der Waals surface area contributed by atoms with E-state index in [0.717, 1.165) is 5.56 Å². The molecule has 0 unspecified atom stereocenters. The van der Waals surface area contributed by atoms with Gasteiger partial charge < -0.3 is 5.73 Å². The maximum Gasteiger partial charge on any atom is 0.207 e. The summed E-state index contributed by atoms with van der Waals surface area (Å²) >= 11 is 0. The van der Waals surface area contributed by atoms with Crippen LogP contribution in [0.4, 0.5) is 5.69 Å². The predicted octanol–water partition coefficient (Wildman–Crippen LogP) is 2.72. The molecule has 94 valence electrons. The van der Waals surface area contributed by atoms with Gasteiger partial charge in [0.15, 0.2) is 0 Å². The molecule has 0 fully saturated rings. The molecule has 3 nitrogen and oxygen atoms in total. The van der Waals surface area contributed by atoms with E-state index in [1.807, 2.05) is 6.07 Å². The summed E-state index contributed by atoms with van der Waals surface area (Å²) in [5, 5.41) is 0. The molecule has 0 saturated heterocycles. The van der Waals surface area contributed by atoms with Gasteiger partial charge in [0.1, 0.15) is 0 Å². The van der Waals surface area contributed by atoms with Gasteiger partial charge in [0.25, 0.3) is 0 Å². The Labute approximate surface area is 107 Å². The van der Waals surface area contributed by atoms with E-state index in [4.69, 9.17) is 5.73 Å². The number of hydrogen-bond acceptors (Lipinski definition) is 3. The lowest BCUT2D eigenvalue weighted by atomic mass is 10.2. The van der Waals surface area contributed by atoms with Gasteiger partial charge in [-0.2, -0.15) is 0 Å². The lowest BCUT2D eigenvalue weighted by Crippen LogP contribution is -2.07. The fraction of sp³-hybridized carbons (Fsp3) is 0.143.